The van der Waals surface area contributed by atoms with Gasteiger partial charge in [-0.15, -0.1) is 0 Å². The molecule has 30 heavy (non-hydrogen) atoms. The molecule has 0 saturated carbocycles. The third-order valence-electron chi connectivity index (χ3n) is 4.46. The van der Waals surface area contributed by atoms with E-state index >= 15 is 0 Å². The third kappa shape index (κ3) is 6.00. The number of ether oxygens (including phenoxy) is 1. The molecule has 0 bridgehead atoms. The highest BCUT2D eigenvalue weighted by Crippen LogP contribution is 2.35. The number of halogens is 2. The predicted octanol–water partition coefficient (Wildman–Crippen LogP) is 5.80. The van der Waals surface area contributed by atoms with E-state index in [2.05, 4.69) is 53.6 Å². The Bertz CT molecular complexity index is 1090. The van der Waals surface area contributed by atoms with Gasteiger partial charge in [0.05, 0.1) is 24.7 Å². The van der Waals surface area contributed by atoms with E-state index in [0.717, 1.165) is 32.0 Å². The summed E-state index contributed by atoms with van der Waals surface area (Å²) in [5.74, 6) is 0.660. The third-order valence-corrected chi connectivity index (χ3v) is 6.61. The Kier molecular flexibility index (Phi) is 7.44. The van der Waals surface area contributed by atoms with Crippen LogP contribution in [0.25, 0.3) is 0 Å². The van der Waals surface area contributed by atoms with Crippen molar-refractivity contribution in [2.24, 2.45) is 0 Å². The molecule has 0 atom stereocenters. The zero-order valence-electron chi connectivity index (χ0n) is 16.6. The smallest absolute Gasteiger partial charge is 0.229 e. The summed E-state index contributed by atoms with van der Waals surface area (Å²) in [5, 5.41) is 0. The summed E-state index contributed by atoms with van der Waals surface area (Å²) in [5.41, 5.74) is 3.48. The Labute approximate surface area is 194 Å². The van der Waals surface area contributed by atoms with Gasteiger partial charge in [0, 0.05) is 22.0 Å². The lowest BCUT2D eigenvalue weighted by molar-refractivity contribution is 0.414. The van der Waals surface area contributed by atoms with Gasteiger partial charge in [-0.1, -0.05) is 68.3 Å². The number of hydrogen-bond donors (Lipinski definition) is 1. The number of benzene rings is 3. The molecule has 0 aliphatic heterocycles. The fraction of sp³-hybridized carbons (Fsp3) is 0.182. The number of methoxy groups -OCH3 is 1. The summed E-state index contributed by atoms with van der Waals surface area (Å²) in [4.78, 5) is 2.16. The fourth-order valence-corrected chi connectivity index (χ4v) is 4.48. The molecule has 0 fully saturated rings. The first-order chi connectivity index (χ1) is 14.3. The highest BCUT2D eigenvalue weighted by atomic mass is 79.9. The van der Waals surface area contributed by atoms with Crippen LogP contribution in [-0.4, -0.2) is 21.8 Å². The SMILES string of the molecule is COc1ccc(NS(C)(=O)=O)cc1N(Cc1ccccc1Br)Cc1ccccc1Br. The summed E-state index contributed by atoms with van der Waals surface area (Å²) < 4.78 is 33.6. The van der Waals surface area contributed by atoms with Gasteiger partial charge in [-0.2, -0.15) is 0 Å². The Hall–Kier alpha value is -2.03. The lowest BCUT2D eigenvalue weighted by atomic mass is 10.1. The average Bonchev–Trinajstić information content (AvgIpc) is 2.69. The Morgan fingerprint density at radius 3 is 1.90 bits per heavy atom. The van der Waals surface area contributed by atoms with Crippen LogP contribution in [0, 0.1) is 0 Å². The maximum atomic E-state index is 11.7. The molecule has 0 aliphatic carbocycles. The second-order valence-electron chi connectivity index (χ2n) is 6.80. The maximum absolute atomic E-state index is 11.7. The minimum Gasteiger partial charge on any atom is -0.495 e. The summed E-state index contributed by atoms with van der Waals surface area (Å²) in [6.45, 7) is 1.20. The first kappa shape index (κ1) is 22.7. The number of hydrogen-bond acceptors (Lipinski definition) is 4. The predicted molar refractivity (Wildman–Crippen MR) is 130 cm³/mol. The molecule has 0 saturated heterocycles. The van der Waals surface area contributed by atoms with Crippen LogP contribution in [-0.2, 0) is 23.1 Å². The highest BCUT2D eigenvalue weighted by Gasteiger charge is 2.17. The number of nitrogens with zero attached hydrogens (tertiary/aromatic N) is 1. The maximum Gasteiger partial charge on any atom is 0.229 e. The van der Waals surface area contributed by atoms with Crippen molar-refractivity contribution in [3.8, 4) is 5.75 Å². The van der Waals surface area contributed by atoms with Crippen LogP contribution in [0.3, 0.4) is 0 Å². The molecule has 0 unspecified atom stereocenters. The van der Waals surface area contributed by atoms with Gasteiger partial charge in [0.1, 0.15) is 5.75 Å². The van der Waals surface area contributed by atoms with Crippen molar-refractivity contribution >= 4 is 53.3 Å². The number of nitrogens with one attached hydrogen (secondary N) is 1. The van der Waals surface area contributed by atoms with E-state index < -0.39 is 10.0 Å². The minimum atomic E-state index is -3.39. The van der Waals surface area contributed by atoms with Crippen molar-refractivity contribution in [2.45, 2.75) is 13.1 Å². The lowest BCUT2D eigenvalue weighted by Gasteiger charge is -2.28. The van der Waals surface area contributed by atoms with E-state index in [0.29, 0.717) is 24.5 Å². The molecule has 3 rings (SSSR count). The summed E-state index contributed by atoms with van der Waals surface area (Å²) in [7, 11) is -1.79. The second kappa shape index (κ2) is 9.85. The molecule has 3 aromatic rings. The van der Waals surface area contributed by atoms with Crippen molar-refractivity contribution in [1.82, 2.24) is 0 Å². The molecule has 3 aromatic carbocycles. The van der Waals surface area contributed by atoms with Crippen LogP contribution in [0.1, 0.15) is 11.1 Å². The van der Waals surface area contributed by atoms with Gasteiger partial charge in [-0.05, 0) is 41.5 Å². The lowest BCUT2D eigenvalue weighted by Crippen LogP contribution is -2.23. The van der Waals surface area contributed by atoms with Crippen LogP contribution >= 0.6 is 31.9 Å². The van der Waals surface area contributed by atoms with E-state index in [1.165, 1.54) is 0 Å². The molecule has 8 heteroatoms. The number of rotatable bonds is 8. The van der Waals surface area contributed by atoms with Crippen molar-refractivity contribution in [3.63, 3.8) is 0 Å². The minimum absolute atomic E-state index is 0.484. The van der Waals surface area contributed by atoms with Crippen LogP contribution in [0.2, 0.25) is 0 Å². The van der Waals surface area contributed by atoms with E-state index in [-0.39, 0.29) is 0 Å². The van der Waals surface area contributed by atoms with Gasteiger partial charge < -0.3 is 9.64 Å². The van der Waals surface area contributed by atoms with Crippen molar-refractivity contribution < 1.29 is 13.2 Å². The van der Waals surface area contributed by atoms with Gasteiger partial charge in [0.25, 0.3) is 0 Å². The Balaban J connectivity index is 2.07. The van der Waals surface area contributed by atoms with Crippen molar-refractivity contribution in [3.05, 3.63) is 86.8 Å². The summed E-state index contributed by atoms with van der Waals surface area (Å²) >= 11 is 7.26. The largest absolute Gasteiger partial charge is 0.495 e. The topological polar surface area (TPSA) is 58.6 Å². The standard InChI is InChI=1S/C22H22Br2N2O3S/c1-29-22-12-11-18(25-30(2,27)28)13-21(22)26(14-16-7-3-5-9-19(16)23)15-17-8-4-6-10-20(17)24/h3-13,25H,14-15H2,1-2H3. The zero-order valence-corrected chi connectivity index (χ0v) is 20.6. The molecule has 0 aromatic heterocycles. The van der Waals surface area contributed by atoms with E-state index in [9.17, 15) is 8.42 Å². The Morgan fingerprint density at radius 1 is 0.900 bits per heavy atom. The molecule has 5 nitrogen and oxygen atoms in total. The van der Waals surface area contributed by atoms with Gasteiger partial charge in [0.2, 0.25) is 10.0 Å². The Morgan fingerprint density at radius 2 is 1.43 bits per heavy atom. The molecule has 158 valence electrons. The van der Waals surface area contributed by atoms with Crippen LogP contribution < -0.4 is 14.4 Å². The molecule has 1 N–H and O–H groups in total. The van der Waals surface area contributed by atoms with Gasteiger partial charge in [-0.3, -0.25) is 4.72 Å². The van der Waals surface area contributed by atoms with E-state index in [1.807, 2.05) is 36.4 Å². The first-order valence-electron chi connectivity index (χ1n) is 9.14. The average molecular weight is 554 g/mol. The fourth-order valence-electron chi connectivity index (χ4n) is 3.11. The molecule has 0 radical (unpaired) electrons. The molecule has 0 spiro atoms. The van der Waals surface area contributed by atoms with Gasteiger partial charge >= 0.3 is 0 Å². The molecule has 0 heterocycles. The van der Waals surface area contributed by atoms with Crippen LogP contribution in [0.15, 0.2) is 75.7 Å². The molecule has 0 aliphatic rings. The summed E-state index contributed by atoms with van der Waals surface area (Å²) in [6.07, 6.45) is 1.14. The van der Waals surface area contributed by atoms with Crippen LogP contribution in [0.4, 0.5) is 11.4 Å². The number of anilines is 2. The molecular weight excluding hydrogens is 532 g/mol. The zero-order chi connectivity index (χ0) is 21.7. The molecular formula is C22H22Br2N2O3S. The van der Waals surface area contributed by atoms with E-state index in [4.69, 9.17) is 4.74 Å². The normalized spacial score (nSPS) is 11.2. The van der Waals surface area contributed by atoms with E-state index in [1.54, 1.807) is 25.3 Å². The van der Waals surface area contributed by atoms with Crippen LogP contribution in [0.5, 0.6) is 5.75 Å². The monoisotopic (exact) mass is 552 g/mol. The van der Waals surface area contributed by atoms with Crippen molar-refractivity contribution in [1.29, 1.82) is 0 Å². The van der Waals surface area contributed by atoms with Gasteiger partial charge in [0.15, 0.2) is 0 Å². The first-order valence-corrected chi connectivity index (χ1v) is 12.6. The molecule has 0 amide bonds. The second-order valence-corrected chi connectivity index (χ2v) is 10.3. The summed E-state index contributed by atoms with van der Waals surface area (Å²) in [6, 6.07) is 21.3. The number of sulfonamides is 1. The quantitative estimate of drug-likeness (QED) is 0.383. The highest BCUT2D eigenvalue weighted by molar-refractivity contribution is 9.10. The van der Waals surface area contributed by atoms with Crippen molar-refractivity contribution in [2.75, 3.05) is 23.0 Å². The van der Waals surface area contributed by atoms with Gasteiger partial charge in [-0.25, -0.2) is 8.42 Å².